The molecule has 2 unspecified atom stereocenters. The average molecular weight is 290 g/mol. The molecule has 0 heterocycles. The quantitative estimate of drug-likeness (QED) is 0.666. The number of hydrogen-bond donors (Lipinski definition) is 0. The molecular formula is C22H26. The van der Waals surface area contributed by atoms with Crippen LogP contribution in [-0.4, -0.2) is 0 Å². The first-order chi connectivity index (χ1) is 10.6. The number of fused-ring (bicyclic) bond motifs is 4. The molecule has 0 N–H and O–H groups in total. The number of hydrogen-bond acceptors (Lipinski definition) is 0. The van der Waals surface area contributed by atoms with Crippen LogP contribution in [0.25, 0.3) is 11.1 Å². The van der Waals surface area contributed by atoms with E-state index in [4.69, 9.17) is 0 Å². The molecule has 0 aromatic heterocycles. The average Bonchev–Trinajstić information content (AvgIpc) is 2.54. The van der Waals surface area contributed by atoms with Crippen molar-refractivity contribution in [3.8, 4) is 0 Å². The Bertz CT molecular complexity index is 780. The summed E-state index contributed by atoms with van der Waals surface area (Å²) in [6.45, 7) is 7.07. The van der Waals surface area contributed by atoms with Crippen molar-refractivity contribution in [2.45, 2.75) is 46.5 Å². The SMILES string of the molecule is CC(C)(C)C1=CC2=c3ccccc3=C3C=CCCC3C2CC1. The van der Waals surface area contributed by atoms with Crippen LogP contribution in [0.3, 0.4) is 0 Å². The fourth-order valence-corrected chi connectivity index (χ4v) is 4.58. The predicted molar refractivity (Wildman–Crippen MR) is 94.6 cm³/mol. The molecule has 0 spiro atoms. The van der Waals surface area contributed by atoms with E-state index in [1.807, 2.05) is 0 Å². The van der Waals surface area contributed by atoms with E-state index in [2.05, 4.69) is 63.3 Å². The smallest absolute Gasteiger partial charge is 0.00836 e. The molecule has 1 aromatic rings. The summed E-state index contributed by atoms with van der Waals surface area (Å²) < 4.78 is 0. The Morgan fingerprint density at radius 1 is 0.909 bits per heavy atom. The Morgan fingerprint density at radius 3 is 2.32 bits per heavy atom. The monoisotopic (exact) mass is 290 g/mol. The molecule has 0 saturated heterocycles. The highest BCUT2D eigenvalue weighted by atomic mass is 14.4. The van der Waals surface area contributed by atoms with Crippen molar-refractivity contribution in [1.82, 2.24) is 0 Å². The highest BCUT2D eigenvalue weighted by Gasteiger charge is 2.34. The van der Waals surface area contributed by atoms with Crippen LogP contribution >= 0.6 is 0 Å². The maximum absolute atomic E-state index is 2.56. The zero-order valence-electron chi connectivity index (χ0n) is 14.0. The lowest BCUT2D eigenvalue weighted by molar-refractivity contribution is 0.396. The van der Waals surface area contributed by atoms with E-state index < -0.39 is 0 Å². The van der Waals surface area contributed by atoms with Crippen molar-refractivity contribution in [3.63, 3.8) is 0 Å². The minimum absolute atomic E-state index is 0.295. The molecule has 2 atom stereocenters. The van der Waals surface area contributed by atoms with Crippen LogP contribution in [-0.2, 0) is 0 Å². The van der Waals surface area contributed by atoms with Crippen LogP contribution < -0.4 is 10.4 Å². The Labute approximate surface area is 133 Å². The topological polar surface area (TPSA) is 0 Å². The van der Waals surface area contributed by atoms with Crippen LogP contribution in [0.4, 0.5) is 0 Å². The second-order valence-electron chi connectivity index (χ2n) is 8.11. The summed E-state index contributed by atoms with van der Waals surface area (Å²) in [5, 5.41) is 2.98. The molecule has 0 bridgehead atoms. The molecule has 0 nitrogen and oxygen atoms in total. The third-order valence-electron chi connectivity index (χ3n) is 5.79. The zero-order chi connectivity index (χ0) is 15.3. The molecule has 3 aliphatic carbocycles. The van der Waals surface area contributed by atoms with Gasteiger partial charge < -0.3 is 0 Å². The lowest BCUT2D eigenvalue weighted by Gasteiger charge is -2.39. The molecule has 114 valence electrons. The summed E-state index contributed by atoms with van der Waals surface area (Å²) in [6.07, 6.45) is 12.5. The van der Waals surface area contributed by atoms with Gasteiger partial charge in [0.15, 0.2) is 0 Å². The Balaban J connectivity index is 2.04. The van der Waals surface area contributed by atoms with Gasteiger partial charge in [-0.1, -0.05) is 68.8 Å². The second-order valence-corrected chi connectivity index (χ2v) is 8.11. The Hall–Kier alpha value is -1.56. The molecular weight excluding hydrogens is 264 g/mol. The van der Waals surface area contributed by atoms with Gasteiger partial charge in [0.2, 0.25) is 0 Å². The van der Waals surface area contributed by atoms with Gasteiger partial charge in [-0.15, -0.1) is 0 Å². The van der Waals surface area contributed by atoms with Gasteiger partial charge in [0.1, 0.15) is 0 Å². The molecule has 0 amide bonds. The van der Waals surface area contributed by atoms with E-state index in [-0.39, 0.29) is 0 Å². The Kier molecular flexibility index (Phi) is 3.18. The van der Waals surface area contributed by atoms with Gasteiger partial charge in [0.25, 0.3) is 0 Å². The normalized spacial score (nSPS) is 27.0. The fourth-order valence-electron chi connectivity index (χ4n) is 4.58. The lowest BCUT2D eigenvalue weighted by Crippen LogP contribution is -2.41. The van der Waals surface area contributed by atoms with Crippen molar-refractivity contribution < 1.29 is 0 Å². The summed E-state index contributed by atoms with van der Waals surface area (Å²) in [5.41, 5.74) is 5.14. The maximum atomic E-state index is 2.56. The van der Waals surface area contributed by atoms with Crippen LogP contribution in [0.2, 0.25) is 0 Å². The fraction of sp³-hybridized carbons (Fsp3) is 0.455. The van der Waals surface area contributed by atoms with Crippen molar-refractivity contribution >= 4 is 11.1 Å². The first kappa shape index (κ1) is 14.1. The molecule has 0 fully saturated rings. The maximum Gasteiger partial charge on any atom is -0.00836 e. The van der Waals surface area contributed by atoms with Gasteiger partial charge in [0, 0.05) is 0 Å². The number of rotatable bonds is 0. The molecule has 0 aliphatic heterocycles. The molecule has 22 heavy (non-hydrogen) atoms. The number of benzene rings is 1. The van der Waals surface area contributed by atoms with Gasteiger partial charge in [0.05, 0.1) is 0 Å². The van der Waals surface area contributed by atoms with Crippen molar-refractivity contribution in [3.05, 3.63) is 58.5 Å². The lowest BCUT2D eigenvalue weighted by atomic mass is 9.65. The first-order valence-corrected chi connectivity index (χ1v) is 8.77. The van der Waals surface area contributed by atoms with Gasteiger partial charge >= 0.3 is 0 Å². The van der Waals surface area contributed by atoms with E-state index in [0.29, 0.717) is 5.41 Å². The summed E-state index contributed by atoms with van der Waals surface area (Å²) in [4.78, 5) is 0. The van der Waals surface area contributed by atoms with Crippen LogP contribution in [0, 0.1) is 17.3 Å². The van der Waals surface area contributed by atoms with E-state index >= 15 is 0 Å². The largest absolute Gasteiger partial charge is 0.0842 e. The van der Waals surface area contributed by atoms with Crippen LogP contribution in [0.15, 0.2) is 48.1 Å². The zero-order valence-corrected chi connectivity index (χ0v) is 14.0. The third-order valence-corrected chi connectivity index (χ3v) is 5.79. The van der Waals surface area contributed by atoms with Crippen LogP contribution in [0.1, 0.15) is 46.5 Å². The summed E-state index contributed by atoms with van der Waals surface area (Å²) in [5.74, 6) is 1.48. The summed E-state index contributed by atoms with van der Waals surface area (Å²) in [7, 11) is 0. The van der Waals surface area contributed by atoms with E-state index in [1.54, 1.807) is 16.7 Å². The minimum Gasteiger partial charge on any atom is -0.0842 e. The van der Waals surface area contributed by atoms with Gasteiger partial charge in [-0.2, -0.15) is 0 Å². The summed E-state index contributed by atoms with van der Waals surface area (Å²) in [6, 6.07) is 9.07. The van der Waals surface area contributed by atoms with Crippen molar-refractivity contribution in [2.24, 2.45) is 17.3 Å². The molecule has 3 aliphatic rings. The van der Waals surface area contributed by atoms with Crippen molar-refractivity contribution in [2.75, 3.05) is 0 Å². The van der Waals surface area contributed by atoms with Crippen molar-refractivity contribution in [1.29, 1.82) is 0 Å². The van der Waals surface area contributed by atoms with Crippen LogP contribution in [0.5, 0.6) is 0 Å². The molecule has 0 saturated carbocycles. The molecule has 1 aromatic carbocycles. The number of allylic oxidation sites excluding steroid dienone is 4. The minimum atomic E-state index is 0.295. The molecule has 0 heteroatoms. The standard InChI is InChI=1S/C22H26/c1-22(2,3)15-12-13-20-18-10-5-4-8-16(18)17-9-6-7-11-19(17)21(20)14-15/h4,6-9,11,14,18,20H,5,10,12-13H2,1-3H3. The first-order valence-electron chi connectivity index (χ1n) is 8.77. The Morgan fingerprint density at radius 2 is 1.59 bits per heavy atom. The van der Waals surface area contributed by atoms with E-state index in [1.165, 1.54) is 36.1 Å². The highest BCUT2D eigenvalue weighted by molar-refractivity contribution is 5.73. The predicted octanol–water partition coefficient (Wildman–Crippen LogP) is 4.35. The van der Waals surface area contributed by atoms with Gasteiger partial charge in [-0.3, -0.25) is 0 Å². The second kappa shape index (κ2) is 4.98. The van der Waals surface area contributed by atoms with E-state index in [0.717, 1.165) is 11.8 Å². The summed E-state index contributed by atoms with van der Waals surface area (Å²) >= 11 is 0. The molecule has 0 radical (unpaired) electrons. The van der Waals surface area contributed by atoms with Gasteiger partial charge in [-0.25, -0.2) is 0 Å². The highest BCUT2D eigenvalue weighted by Crippen LogP contribution is 2.45. The van der Waals surface area contributed by atoms with E-state index in [9.17, 15) is 0 Å². The van der Waals surface area contributed by atoms with Gasteiger partial charge in [-0.05, 0) is 64.5 Å². The molecule has 4 rings (SSSR count). The third kappa shape index (κ3) is 2.12.